The summed E-state index contributed by atoms with van der Waals surface area (Å²) in [6.45, 7) is 4.68. The topological polar surface area (TPSA) is 492 Å². The number of aromatic nitrogens is 3. The molecule has 0 unspecified atom stereocenters. The highest BCUT2D eigenvalue weighted by Crippen LogP contribution is 2.38. The highest BCUT2D eigenvalue weighted by molar-refractivity contribution is 7.87. The number of unbranched alkanes of at least 4 members (excludes halogenated alkanes) is 1. The first-order valence-corrected chi connectivity index (χ1v) is 35.4. The van der Waals surface area contributed by atoms with E-state index in [1.807, 2.05) is 0 Å². The largest absolute Gasteiger partial charge is 0.479 e. The quantitative estimate of drug-likeness (QED) is 0.0127. The molecule has 1 amide bonds. The fourth-order valence-corrected chi connectivity index (χ4v) is 12.7. The number of benzene rings is 5. The summed E-state index contributed by atoms with van der Waals surface area (Å²) in [6.07, 6.45) is -26.2. The lowest BCUT2D eigenvalue weighted by Gasteiger charge is -2.46. The van der Waals surface area contributed by atoms with Gasteiger partial charge in [0, 0.05) is 31.0 Å². The van der Waals surface area contributed by atoms with Gasteiger partial charge in [0.15, 0.2) is 43.1 Å². The maximum Gasteiger partial charge on any atom is 0.339 e. The number of hydrogen-bond donors (Lipinski definition) is 9. The van der Waals surface area contributed by atoms with Crippen molar-refractivity contribution in [1.29, 1.82) is 0 Å². The third-order valence-corrected chi connectivity index (χ3v) is 18.2. The molecular formula is C64H74N4O29S3. The zero-order chi connectivity index (χ0) is 73.0. The monoisotopic (exact) mass is 1460 g/mol. The third kappa shape index (κ3) is 20.5. The molecule has 0 spiro atoms. The third-order valence-electron chi connectivity index (χ3n) is 15.7. The summed E-state index contributed by atoms with van der Waals surface area (Å²) in [4.78, 5) is 81.3. The van der Waals surface area contributed by atoms with Gasteiger partial charge in [-0.15, -0.1) is 5.10 Å². The van der Waals surface area contributed by atoms with E-state index in [0.717, 1.165) is 0 Å². The highest BCUT2D eigenvalue weighted by atomic mass is 32.2. The van der Waals surface area contributed by atoms with E-state index >= 15 is 0 Å². The molecule has 100 heavy (non-hydrogen) atoms. The molecule has 3 heterocycles. The standard InChI is InChI=1S/C64H74N4O29S3/c1-34(2)89-61(78)55(97-64-57(95-60(77)39-22-12-7-13-23-39)54(92-45(58(74)75)27-37-18-8-5-9-19-37)53(46(33-69)93-64)94-59(76)38-20-10-6-11-21-38)56(96-63-52(73)51(72)50(71)36(4)91-63)62(79)90-35(3)17-16-26-68-32-41(66-67-68)24-14-15-25-48(70)65-44-30-42(98(80,81)82)28-40-29-43(99(83,84)85)31-47(49(40)44)100(86,87)88/h5-13,18-23,28-32,34-36,45-46,50-57,63-64,69,71-73H,14-17,24-27,33H2,1-4H3,(H,65,70)(H,74,75)(H,80,81,82)(H,83,84,85)(H,86,87,88)/t35-,36-,45+,46+,50+,51+,52-,53-,54-,55+,56+,57+,63-,64-/m0/s1. The first-order chi connectivity index (χ1) is 47.2. The van der Waals surface area contributed by atoms with Crippen LogP contribution in [0.4, 0.5) is 5.69 Å². The minimum atomic E-state index is -5.31. The number of hydrogen-bond acceptors (Lipinski definition) is 27. The van der Waals surface area contributed by atoms with Crippen molar-refractivity contribution in [3.8, 4) is 0 Å². The zero-order valence-electron chi connectivity index (χ0n) is 53.8. The molecule has 2 aliphatic rings. The Morgan fingerprint density at radius 3 is 1.76 bits per heavy atom. The highest BCUT2D eigenvalue weighted by Gasteiger charge is 2.56. The number of carboxylic acids is 1. The Morgan fingerprint density at radius 1 is 0.640 bits per heavy atom. The van der Waals surface area contributed by atoms with Crippen molar-refractivity contribution in [2.45, 2.75) is 186 Å². The molecule has 0 saturated carbocycles. The predicted molar refractivity (Wildman–Crippen MR) is 341 cm³/mol. The smallest absolute Gasteiger partial charge is 0.339 e. The second-order valence-electron chi connectivity index (χ2n) is 23.6. The van der Waals surface area contributed by atoms with E-state index in [0.29, 0.717) is 35.5 Å². The summed E-state index contributed by atoms with van der Waals surface area (Å²) in [5.74, 6) is -7.38. The summed E-state index contributed by atoms with van der Waals surface area (Å²) in [6, 6.07) is 25.2. The summed E-state index contributed by atoms with van der Waals surface area (Å²) < 4.78 is 158. The van der Waals surface area contributed by atoms with E-state index in [4.69, 9.17) is 42.6 Å². The summed E-state index contributed by atoms with van der Waals surface area (Å²) >= 11 is 0. The second kappa shape index (κ2) is 33.9. The van der Waals surface area contributed by atoms with Gasteiger partial charge in [-0.2, -0.15) is 25.3 Å². The van der Waals surface area contributed by atoms with Crippen molar-refractivity contribution in [3.05, 3.63) is 144 Å². The Hall–Kier alpha value is -8.31. The number of aliphatic carboxylic acids is 1. The average Bonchev–Trinajstić information content (AvgIpc) is 0.910. The first kappa shape index (κ1) is 77.4. The number of ether oxygens (including phenoxy) is 9. The van der Waals surface area contributed by atoms with Crippen molar-refractivity contribution in [2.24, 2.45) is 0 Å². The van der Waals surface area contributed by atoms with Gasteiger partial charge in [0.1, 0.15) is 35.4 Å². The average molecular weight is 1460 g/mol. The number of aliphatic hydroxyl groups is 4. The van der Waals surface area contributed by atoms with Crippen LogP contribution in [-0.2, 0) is 112 Å². The lowest BCUT2D eigenvalue weighted by Crippen LogP contribution is -2.65. The fourth-order valence-electron chi connectivity index (χ4n) is 10.8. The molecular weight excluding hydrogens is 1380 g/mol. The van der Waals surface area contributed by atoms with Crippen molar-refractivity contribution in [1.82, 2.24) is 15.0 Å². The van der Waals surface area contributed by atoms with E-state index in [1.165, 1.54) is 80.9 Å². The minimum absolute atomic E-state index is 0.0269. The van der Waals surface area contributed by atoms with Crippen molar-refractivity contribution >= 4 is 82.6 Å². The lowest BCUT2D eigenvalue weighted by atomic mass is 9.96. The molecule has 2 aliphatic heterocycles. The van der Waals surface area contributed by atoms with Crippen LogP contribution in [0.25, 0.3) is 10.8 Å². The van der Waals surface area contributed by atoms with Gasteiger partial charge >= 0.3 is 29.8 Å². The van der Waals surface area contributed by atoms with Crippen LogP contribution in [0.5, 0.6) is 0 Å². The molecule has 0 bridgehead atoms. The fraction of sp³-hybridized carbons (Fsp3) is 0.438. The van der Waals surface area contributed by atoms with Crippen LogP contribution in [0.1, 0.15) is 91.8 Å². The number of esters is 4. The SMILES string of the molecule is CC(C)OC(=O)[C@H](O[C@@H]1O[C@H](CO)[C@H](OC(=O)c2ccccc2)[C@H](O[C@H](Cc2ccccc2)C(=O)O)[C@H]1OC(=O)c1ccccc1)[C@@H](O[C@@H]1O[C@@H](C)[C@@H](O)[C@@H](O)[C@@H]1O)C(=O)O[C@@H](C)CCCn1cc(CCCCC(=O)Nc2cc(S(=O)(=O)O)cc3cc(S(=O)(=O)O)cc(S(=O)(=O)O)c23)nn1. The van der Waals surface area contributed by atoms with Crippen LogP contribution in [-0.4, -0.2) is 214 Å². The zero-order valence-corrected chi connectivity index (χ0v) is 56.2. The Bertz CT molecular complexity index is 4200. The number of carbonyl (C=O) groups is 6. The molecule has 0 radical (unpaired) electrons. The van der Waals surface area contributed by atoms with Gasteiger partial charge in [0.05, 0.1) is 57.2 Å². The van der Waals surface area contributed by atoms with Gasteiger partial charge in [-0.3, -0.25) is 23.1 Å². The Morgan fingerprint density at radius 2 is 1.20 bits per heavy atom. The number of aliphatic hydroxyl groups excluding tert-OH is 4. The predicted octanol–water partition coefficient (Wildman–Crippen LogP) is 3.03. The number of nitrogens with zero attached hydrogens (tertiary/aromatic N) is 3. The first-order valence-electron chi connectivity index (χ1n) is 31.1. The maximum atomic E-state index is 14.9. The van der Waals surface area contributed by atoms with Gasteiger partial charge in [-0.1, -0.05) is 71.9 Å². The molecule has 1 aromatic heterocycles. The normalized spacial score (nSPS) is 22.4. The van der Waals surface area contributed by atoms with E-state index < -0.39 is 196 Å². The van der Waals surface area contributed by atoms with Crippen LogP contribution >= 0.6 is 0 Å². The van der Waals surface area contributed by atoms with Gasteiger partial charge in [-0.05, 0) is 119 Å². The molecule has 2 fully saturated rings. The van der Waals surface area contributed by atoms with Crippen molar-refractivity contribution in [2.75, 3.05) is 11.9 Å². The number of fused-ring (bicyclic) bond motifs is 1. The minimum Gasteiger partial charge on any atom is -0.479 e. The molecule has 542 valence electrons. The van der Waals surface area contributed by atoms with Crippen LogP contribution < -0.4 is 5.32 Å². The van der Waals surface area contributed by atoms with Crippen LogP contribution in [0, 0.1) is 0 Å². The van der Waals surface area contributed by atoms with E-state index in [1.54, 1.807) is 48.7 Å². The molecule has 33 nitrogen and oxygen atoms in total. The number of rotatable bonds is 32. The van der Waals surface area contributed by atoms with Gasteiger partial charge < -0.3 is 73.5 Å². The van der Waals surface area contributed by atoms with E-state index in [9.17, 15) is 93.2 Å². The van der Waals surface area contributed by atoms with Crippen molar-refractivity contribution < 1.29 is 136 Å². The number of nitrogens with one attached hydrogen (secondary N) is 1. The Labute approximate surface area is 572 Å². The number of carbonyl (C=O) groups excluding carboxylic acids is 5. The molecule has 8 rings (SSSR count). The summed E-state index contributed by atoms with van der Waals surface area (Å²) in [5.41, 5.74) is 0.197. The van der Waals surface area contributed by atoms with Crippen LogP contribution in [0.3, 0.4) is 0 Å². The Kier molecular flexibility index (Phi) is 26.3. The molecule has 6 aromatic rings. The summed E-state index contributed by atoms with van der Waals surface area (Å²) in [7, 11) is -15.5. The van der Waals surface area contributed by atoms with Gasteiger partial charge in [-0.25, -0.2) is 24.0 Å². The molecule has 0 aliphatic carbocycles. The number of anilines is 1. The summed E-state index contributed by atoms with van der Waals surface area (Å²) in [5, 5.41) is 64.2. The van der Waals surface area contributed by atoms with Gasteiger partial charge in [0.2, 0.25) is 5.91 Å². The maximum absolute atomic E-state index is 14.9. The Balaban J connectivity index is 1.02. The molecule has 36 heteroatoms. The number of amides is 1. The number of carboxylic acid groups (broad SMARTS) is 1. The van der Waals surface area contributed by atoms with Crippen LogP contribution in [0.2, 0.25) is 0 Å². The van der Waals surface area contributed by atoms with Crippen molar-refractivity contribution in [3.63, 3.8) is 0 Å². The van der Waals surface area contributed by atoms with E-state index in [-0.39, 0.29) is 62.6 Å². The molecule has 14 atom stereocenters. The van der Waals surface area contributed by atoms with Crippen LogP contribution in [0.15, 0.2) is 136 Å². The molecule has 5 aromatic carbocycles. The van der Waals surface area contributed by atoms with E-state index in [2.05, 4.69) is 15.6 Å². The lowest BCUT2D eigenvalue weighted by molar-refractivity contribution is -0.337. The van der Waals surface area contributed by atoms with Gasteiger partial charge in [0.25, 0.3) is 30.4 Å². The number of aryl methyl sites for hydroxylation is 2. The molecule has 9 N–H and O–H groups in total. The molecule has 2 saturated heterocycles. The second-order valence-corrected chi connectivity index (χ2v) is 27.9.